The Bertz CT molecular complexity index is 1000. The minimum absolute atomic E-state index is 0.0387. The van der Waals surface area contributed by atoms with Crippen molar-refractivity contribution in [1.82, 2.24) is 20.1 Å². The van der Waals surface area contributed by atoms with Gasteiger partial charge >= 0.3 is 0 Å². The number of benzene rings is 2. The quantitative estimate of drug-likeness (QED) is 0.516. The van der Waals surface area contributed by atoms with E-state index < -0.39 is 0 Å². The first kappa shape index (κ1) is 21.3. The van der Waals surface area contributed by atoms with Gasteiger partial charge in [-0.1, -0.05) is 48.5 Å². The lowest BCUT2D eigenvalue weighted by molar-refractivity contribution is 0.0635. The molecule has 0 saturated carbocycles. The second-order valence-corrected chi connectivity index (χ2v) is 7.87. The van der Waals surface area contributed by atoms with Crippen LogP contribution in [-0.2, 0) is 0 Å². The Morgan fingerprint density at radius 3 is 2.55 bits per heavy atom. The van der Waals surface area contributed by atoms with Gasteiger partial charge in [0.2, 0.25) is 0 Å². The standard InChI is InChI=1S/C25H30N4O2/c1-19-16-23(25(31)28-14-12-26-17-22(28)18-27-13-15-30)24(20-8-4-2-5-9-20)29(19)21-10-6-3-7-11-21/h2-11,16,22,26-27,30H,12-15,17-18H2,1H3/t22-/m0/s1. The molecule has 0 radical (unpaired) electrons. The molecule has 3 N–H and O–H groups in total. The van der Waals surface area contributed by atoms with Crippen molar-refractivity contribution in [3.63, 3.8) is 0 Å². The maximum absolute atomic E-state index is 13.8. The topological polar surface area (TPSA) is 69.5 Å². The Morgan fingerprint density at radius 2 is 1.84 bits per heavy atom. The highest BCUT2D eigenvalue weighted by atomic mass is 16.3. The van der Waals surface area contributed by atoms with Gasteiger partial charge < -0.3 is 25.2 Å². The number of amides is 1. The Morgan fingerprint density at radius 1 is 1.13 bits per heavy atom. The first-order valence-electron chi connectivity index (χ1n) is 10.9. The summed E-state index contributed by atoms with van der Waals surface area (Å²) in [6, 6.07) is 22.4. The molecule has 31 heavy (non-hydrogen) atoms. The van der Waals surface area contributed by atoms with Crippen LogP contribution in [0.3, 0.4) is 0 Å². The van der Waals surface area contributed by atoms with Gasteiger partial charge in [-0.3, -0.25) is 4.79 Å². The number of hydrogen-bond acceptors (Lipinski definition) is 4. The molecule has 3 aromatic rings. The van der Waals surface area contributed by atoms with Crippen LogP contribution in [0.1, 0.15) is 16.1 Å². The SMILES string of the molecule is Cc1cc(C(=O)N2CCNC[C@H]2CNCCO)c(-c2ccccc2)n1-c1ccccc1. The third kappa shape index (κ3) is 4.56. The zero-order chi connectivity index (χ0) is 21.6. The van der Waals surface area contributed by atoms with E-state index in [-0.39, 0.29) is 18.6 Å². The van der Waals surface area contributed by atoms with E-state index in [1.54, 1.807) is 0 Å². The van der Waals surface area contributed by atoms with Gasteiger partial charge in [-0.05, 0) is 30.7 Å². The number of aryl methyl sites for hydroxylation is 1. The molecule has 6 nitrogen and oxygen atoms in total. The van der Waals surface area contributed by atoms with Crippen LogP contribution in [0.5, 0.6) is 0 Å². The fourth-order valence-electron chi connectivity index (χ4n) is 4.31. The van der Waals surface area contributed by atoms with Crippen LogP contribution in [0.25, 0.3) is 16.9 Å². The van der Waals surface area contributed by atoms with E-state index >= 15 is 0 Å². The van der Waals surface area contributed by atoms with Crippen molar-refractivity contribution in [2.75, 3.05) is 39.3 Å². The second kappa shape index (κ2) is 9.92. The number of aromatic nitrogens is 1. The first-order chi connectivity index (χ1) is 15.2. The average molecular weight is 419 g/mol. The maximum atomic E-state index is 13.8. The van der Waals surface area contributed by atoms with Crippen molar-refractivity contribution < 1.29 is 9.90 Å². The van der Waals surface area contributed by atoms with E-state index in [0.717, 1.165) is 41.3 Å². The molecule has 0 spiro atoms. The van der Waals surface area contributed by atoms with Gasteiger partial charge in [0, 0.05) is 44.1 Å². The highest BCUT2D eigenvalue weighted by Gasteiger charge is 2.30. The Labute approximate surface area is 183 Å². The summed E-state index contributed by atoms with van der Waals surface area (Å²) in [6.45, 7) is 5.49. The molecule has 0 bridgehead atoms. The van der Waals surface area contributed by atoms with Gasteiger partial charge in [-0.2, -0.15) is 0 Å². The third-order valence-electron chi connectivity index (χ3n) is 5.76. The van der Waals surface area contributed by atoms with Crippen molar-refractivity contribution in [3.05, 3.63) is 78.0 Å². The molecule has 1 saturated heterocycles. The molecule has 1 fully saturated rings. The van der Waals surface area contributed by atoms with E-state index in [1.165, 1.54) is 0 Å². The number of aliphatic hydroxyl groups excluding tert-OH is 1. The number of aliphatic hydroxyl groups is 1. The molecule has 0 aliphatic carbocycles. The van der Waals surface area contributed by atoms with Gasteiger partial charge in [0.1, 0.15) is 0 Å². The van der Waals surface area contributed by atoms with Gasteiger partial charge in [-0.25, -0.2) is 0 Å². The highest BCUT2D eigenvalue weighted by molar-refractivity contribution is 6.01. The third-order valence-corrected chi connectivity index (χ3v) is 5.76. The Kier molecular flexibility index (Phi) is 6.82. The molecular weight excluding hydrogens is 388 g/mol. The summed E-state index contributed by atoms with van der Waals surface area (Å²) >= 11 is 0. The summed E-state index contributed by atoms with van der Waals surface area (Å²) in [6.07, 6.45) is 0. The smallest absolute Gasteiger partial charge is 0.256 e. The number of hydrogen-bond donors (Lipinski definition) is 3. The van der Waals surface area contributed by atoms with E-state index in [2.05, 4.69) is 39.5 Å². The fourth-order valence-corrected chi connectivity index (χ4v) is 4.31. The zero-order valence-electron chi connectivity index (χ0n) is 17.9. The van der Waals surface area contributed by atoms with E-state index in [0.29, 0.717) is 19.6 Å². The average Bonchev–Trinajstić information content (AvgIpc) is 3.17. The molecule has 1 amide bonds. The number of rotatable bonds is 7. The van der Waals surface area contributed by atoms with Crippen molar-refractivity contribution in [2.45, 2.75) is 13.0 Å². The largest absolute Gasteiger partial charge is 0.395 e. The minimum Gasteiger partial charge on any atom is -0.395 e. The van der Waals surface area contributed by atoms with Crippen molar-refractivity contribution in [1.29, 1.82) is 0 Å². The lowest BCUT2D eigenvalue weighted by Crippen LogP contribution is -2.57. The van der Waals surface area contributed by atoms with Gasteiger partial charge in [0.15, 0.2) is 0 Å². The Balaban J connectivity index is 1.76. The van der Waals surface area contributed by atoms with Gasteiger partial charge in [-0.15, -0.1) is 0 Å². The van der Waals surface area contributed by atoms with Crippen LogP contribution in [-0.4, -0.2) is 65.9 Å². The molecule has 162 valence electrons. The lowest BCUT2D eigenvalue weighted by Gasteiger charge is -2.36. The summed E-state index contributed by atoms with van der Waals surface area (Å²) in [5.41, 5.74) is 4.74. The van der Waals surface area contributed by atoms with Gasteiger partial charge in [0.05, 0.1) is 23.9 Å². The Hall–Kier alpha value is -2.93. The summed E-state index contributed by atoms with van der Waals surface area (Å²) in [4.78, 5) is 15.8. The molecule has 1 aromatic heterocycles. The van der Waals surface area contributed by atoms with Crippen LogP contribution >= 0.6 is 0 Å². The van der Waals surface area contributed by atoms with E-state index in [9.17, 15) is 4.79 Å². The number of nitrogens with one attached hydrogen (secondary N) is 2. The summed E-state index contributed by atoms with van der Waals surface area (Å²) < 4.78 is 2.17. The van der Waals surface area contributed by atoms with Crippen molar-refractivity contribution in [2.24, 2.45) is 0 Å². The predicted molar refractivity (Wildman–Crippen MR) is 124 cm³/mol. The number of nitrogens with zero attached hydrogens (tertiary/aromatic N) is 2. The molecule has 1 atom stereocenters. The summed E-state index contributed by atoms with van der Waals surface area (Å²) in [5, 5.41) is 15.7. The first-order valence-corrected chi connectivity index (χ1v) is 10.9. The molecule has 4 rings (SSSR count). The van der Waals surface area contributed by atoms with Crippen molar-refractivity contribution >= 4 is 5.91 Å². The fraction of sp³-hybridized carbons (Fsp3) is 0.320. The maximum Gasteiger partial charge on any atom is 0.256 e. The molecule has 2 heterocycles. The predicted octanol–water partition coefficient (Wildman–Crippen LogP) is 2.45. The molecule has 6 heteroatoms. The monoisotopic (exact) mass is 418 g/mol. The normalized spacial score (nSPS) is 16.5. The highest BCUT2D eigenvalue weighted by Crippen LogP contribution is 2.32. The zero-order valence-corrected chi connectivity index (χ0v) is 17.9. The summed E-state index contributed by atoms with van der Waals surface area (Å²) in [5.74, 6) is 0.0499. The molecule has 0 unspecified atom stereocenters. The van der Waals surface area contributed by atoms with Crippen molar-refractivity contribution in [3.8, 4) is 16.9 Å². The van der Waals surface area contributed by atoms with E-state index in [4.69, 9.17) is 5.11 Å². The van der Waals surface area contributed by atoms with E-state index in [1.807, 2.05) is 54.3 Å². The molecule has 2 aromatic carbocycles. The molecular formula is C25H30N4O2. The van der Waals surface area contributed by atoms with Crippen LogP contribution < -0.4 is 10.6 Å². The number of carbonyl (C=O) groups excluding carboxylic acids is 1. The number of para-hydroxylation sites is 1. The molecule has 1 aliphatic rings. The van der Waals surface area contributed by atoms with Crippen LogP contribution in [0.4, 0.5) is 0 Å². The summed E-state index contributed by atoms with van der Waals surface area (Å²) in [7, 11) is 0. The molecule has 1 aliphatic heterocycles. The lowest BCUT2D eigenvalue weighted by atomic mass is 10.0. The second-order valence-electron chi connectivity index (χ2n) is 7.87. The van der Waals surface area contributed by atoms with Crippen LogP contribution in [0.15, 0.2) is 66.7 Å². The number of carbonyl (C=O) groups is 1. The van der Waals surface area contributed by atoms with Crippen LogP contribution in [0, 0.1) is 6.92 Å². The number of piperazine rings is 1. The van der Waals surface area contributed by atoms with Gasteiger partial charge in [0.25, 0.3) is 5.91 Å². The minimum atomic E-state index is 0.0387. The van der Waals surface area contributed by atoms with Crippen LogP contribution in [0.2, 0.25) is 0 Å².